The zero-order chi connectivity index (χ0) is 28.7. The van der Waals surface area contributed by atoms with Gasteiger partial charge in [-0.05, 0) is 96.8 Å². The van der Waals surface area contributed by atoms with Crippen LogP contribution in [0, 0.1) is 5.92 Å². The van der Waals surface area contributed by atoms with Crippen molar-refractivity contribution in [3.05, 3.63) is 130 Å². The van der Waals surface area contributed by atoms with Crippen LogP contribution in [0.4, 0.5) is 22.7 Å². The predicted octanol–water partition coefficient (Wildman–Crippen LogP) is 8.42. The molecule has 212 valence electrons. The Hall–Kier alpha value is -4.84. The number of allylic oxidation sites excluding steroid dienone is 7. The second-order valence-electron chi connectivity index (χ2n) is 13.0. The molecule has 0 spiro atoms. The molecule has 6 heteroatoms. The summed E-state index contributed by atoms with van der Waals surface area (Å²) >= 11 is 0. The molecular formula is C38H29BN2O3. The first-order valence-electron chi connectivity index (χ1n) is 16.0. The first-order chi connectivity index (χ1) is 21.7. The van der Waals surface area contributed by atoms with Gasteiger partial charge in [-0.25, -0.2) is 0 Å². The zero-order valence-electron chi connectivity index (χ0n) is 24.5. The van der Waals surface area contributed by atoms with Gasteiger partial charge in [-0.15, -0.1) is 0 Å². The van der Waals surface area contributed by atoms with Crippen LogP contribution < -0.4 is 24.7 Å². The van der Waals surface area contributed by atoms with E-state index in [0.29, 0.717) is 0 Å². The second-order valence-corrected chi connectivity index (χ2v) is 13.0. The van der Waals surface area contributed by atoms with Gasteiger partial charge in [-0.3, -0.25) is 0 Å². The van der Waals surface area contributed by atoms with Gasteiger partial charge in [0.2, 0.25) is 6.71 Å². The molecule has 0 saturated carbocycles. The number of hydrogen-bond donors (Lipinski definition) is 0. The lowest BCUT2D eigenvalue weighted by Gasteiger charge is -2.52. The van der Waals surface area contributed by atoms with Gasteiger partial charge < -0.3 is 24.0 Å². The molecule has 3 aromatic rings. The maximum Gasteiger partial charge on any atom is 0.248 e. The van der Waals surface area contributed by atoms with E-state index in [1.54, 1.807) is 0 Å². The second kappa shape index (κ2) is 8.20. The molecule has 0 fully saturated rings. The molecule has 2 bridgehead atoms. The highest BCUT2D eigenvalue weighted by molar-refractivity contribution is 6.90. The molecule has 5 nitrogen and oxygen atoms in total. The van der Waals surface area contributed by atoms with Gasteiger partial charge in [-0.1, -0.05) is 48.3 Å². The van der Waals surface area contributed by atoms with E-state index >= 15 is 0 Å². The largest absolute Gasteiger partial charge is 0.486 e. The minimum absolute atomic E-state index is 0.0356. The number of fused-ring (bicyclic) bond motifs is 8. The molecule has 5 aliphatic heterocycles. The van der Waals surface area contributed by atoms with E-state index < -0.39 is 0 Å². The first-order valence-corrected chi connectivity index (χ1v) is 16.0. The van der Waals surface area contributed by atoms with Crippen molar-refractivity contribution >= 4 is 34.9 Å². The minimum Gasteiger partial charge on any atom is -0.486 e. The summed E-state index contributed by atoms with van der Waals surface area (Å²) < 4.78 is 20.4. The summed E-state index contributed by atoms with van der Waals surface area (Å²) in [6, 6.07) is 21.4. The quantitative estimate of drug-likeness (QED) is 0.253. The fraction of sp³-hybridized carbons (Fsp3) is 0.211. The van der Waals surface area contributed by atoms with Gasteiger partial charge in [0, 0.05) is 23.7 Å². The maximum atomic E-state index is 6.94. The average Bonchev–Trinajstić information content (AvgIpc) is 3.06. The van der Waals surface area contributed by atoms with E-state index in [4.69, 9.17) is 14.2 Å². The van der Waals surface area contributed by atoms with Crippen molar-refractivity contribution in [2.75, 3.05) is 9.80 Å². The number of ether oxygens (including phenoxy) is 3. The van der Waals surface area contributed by atoms with E-state index in [1.165, 1.54) is 44.6 Å². The molecular weight excluding hydrogens is 543 g/mol. The third kappa shape index (κ3) is 2.83. The smallest absolute Gasteiger partial charge is 0.248 e. The van der Waals surface area contributed by atoms with Crippen molar-refractivity contribution in [2.24, 2.45) is 5.92 Å². The summed E-state index contributed by atoms with van der Waals surface area (Å²) in [4.78, 5) is 4.98. The summed E-state index contributed by atoms with van der Waals surface area (Å²) in [6.07, 6.45) is 14.2. The molecule has 5 heterocycles. The van der Waals surface area contributed by atoms with E-state index in [0.717, 1.165) is 77.9 Å². The van der Waals surface area contributed by atoms with Crippen LogP contribution in [-0.4, -0.2) is 12.8 Å². The molecule has 0 aromatic heterocycles. The lowest BCUT2D eigenvalue weighted by molar-refractivity contribution is 0.125. The van der Waals surface area contributed by atoms with Crippen LogP contribution >= 0.6 is 0 Å². The topological polar surface area (TPSA) is 34.2 Å². The third-order valence-corrected chi connectivity index (χ3v) is 10.8. The number of hydrogen-bond acceptors (Lipinski definition) is 5. The Balaban J connectivity index is 1.30. The van der Waals surface area contributed by atoms with Crippen LogP contribution in [0.1, 0.15) is 39.0 Å². The van der Waals surface area contributed by atoms with Gasteiger partial charge in [0.25, 0.3) is 0 Å². The number of anilines is 4. The van der Waals surface area contributed by atoms with E-state index in [1.807, 2.05) is 0 Å². The van der Waals surface area contributed by atoms with Crippen LogP contribution in [0.25, 0.3) is 0 Å². The molecule has 0 N–H and O–H groups in total. The molecule has 8 aliphatic rings. The monoisotopic (exact) mass is 572 g/mol. The fourth-order valence-corrected chi connectivity index (χ4v) is 8.96. The Morgan fingerprint density at radius 3 is 2.48 bits per heavy atom. The molecule has 3 aliphatic carbocycles. The van der Waals surface area contributed by atoms with Crippen molar-refractivity contribution in [1.82, 2.24) is 0 Å². The Labute approximate surface area is 256 Å². The fourth-order valence-electron chi connectivity index (χ4n) is 8.96. The van der Waals surface area contributed by atoms with Gasteiger partial charge in [0.15, 0.2) is 17.2 Å². The van der Waals surface area contributed by atoms with Crippen LogP contribution in [-0.2, 0) is 4.74 Å². The van der Waals surface area contributed by atoms with Crippen molar-refractivity contribution in [3.63, 3.8) is 0 Å². The third-order valence-electron chi connectivity index (χ3n) is 10.8. The highest BCUT2D eigenvalue weighted by atomic mass is 16.5. The number of benzene rings is 3. The van der Waals surface area contributed by atoms with E-state index in [9.17, 15) is 0 Å². The molecule has 3 aromatic carbocycles. The summed E-state index contributed by atoms with van der Waals surface area (Å²) in [6.45, 7) is 2.46. The van der Waals surface area contributed by atoms with Crippen LogP contribution in [0.2, 0.25) is 0 Å². The Morgan fingerprint density at radius 1 is 0.795 bits per heavy atom. The number of nitrogens with zero attached hydrogens (tertiary/aromatic N) is 2. The Bertz CT molecular complexity index is 2080. The minimum atomic E-state index is -0.0356. The highest BCUT2D eigenvalue weighted by Gasteiger charge is 2.54. The lowest BCUT2D eigenvalue weighted by atomic mass is 9.29. The standard InChI is InChI=1S/C38H29BN2O3/c1-21-28-18-15-26-34(21)39-35-23(20-22-8-2-5-11-29(22)42-28)14-17-32-37(35)41(25-10-4-7-13-31(25)43-32)27-16-19-33-38(36(27)39)40(26)24-9-3-6-12-30(24)44-33/h3-4,6-13,15-16,18-19,21,28H,2,5,14,17,20H2,1H3. The molecule has 0 saturated heterocycles. The van der Waals surface area contributed by atoms with Crippen molar-refractivity contribution < 1.29 is 14.2 Å². The van der Waals surface area contributed by atoms with Gasteiger partial charge >= 0.3 is 0 Å². The summed E-state index contributed by atoms with van der Waals surface area (Å²) in [5, 5.41) is 0. The summed E-state index contributed by atoms with van der Waals surface area (Å²) in [7, 11) is 0. The molecule has 2 unspecified atom stereocenters. The van der Waals surface area contributed by atoms with Crippen LogP contribution in [0.5, 0.6) is 17.2 Å². The molecule has 11 rings (SSSR count). The zero-order valence-corrected chi connectivity index (χ0v) is 24.5. The van der Waals surface area contributed by atoms with Crippen LogP contribution in [0.15, 0.2) is 130 Å². The molecule has 0 radical (unpaired) electrons. The van der Waals surface area contributed by atoms with E-state index in [-0.39, 0.29) is 18.7 Å². The van der Waals surface area contributed by atoms with Gasteiger partial charge in [0.05, 0.1) is 22.8 Å². The predicted molar refractivity (Wildman–Crippen MR) is 173 cm³/mol. The highest BCUT2D eigenvalue weighted by Crippen LogP contribution is 2.60. The molecule has 0 amide bonds. The summed E-state index contributed by atoms with van der Waals surface area (Å²) in [5.41, 5.74) is 14.1. The van der Waals surface area contributed by atoms with Gasteiger partial charge in [-0.2, -0.15) is 0 Å². The number of para-hydroxylation sites is 4. The van der Waals surface area contributed by atoms with Crippen molar-refractivity contribution in [3.8, 4) is 17.2 Å². The lowest BCUT2D eigenvalue weighted by Crippen LogP contribution is -2.56. The van der Waals surface area contributed by atoms with Gasteiger partial charge in [0.1, 0.15) is 17.6 Å². The van der Waals surface area contributed by atoms with E-state index in [2.05, 4.69) is 102 Å². The van der Waals surface area contributed by atoms with Crippen molar-refractivity contribution in [1.29, 1.82) is 0 Å². The summed E-state index contributed by atoms with van der Waals surface area (Å²) in [5.74, 6) is 5.07. The van der Waals surface area contributed by atoms with Crippen molar-refractivity contribution in [2.45, 2.75) is 45.1 Å². The molecule has 2 atom stereocenters. The SMILES string of the molecule is CC1C2=C3C=CC1OC1=CCCC=C1CC1=C4B2c2c(ccc5c2N3c2ccccc2O5)N2C4=C(CC1)Oc1ccccc12. The molecule has 44 heavy (non-hydrogen) atoms. The Morgan fingerprint density at radius 2 is 1.59 bits per heavy atom. The first kappa shape index (κ1) is 23.6. The van der Waals surface area contributed by atoms with Crippen LogP contribution in [0.3, 0.4) is 0 Å². The average molecular weight is 572 g/mol. The Kier molecular flexibility index (Phi) is 4.40. The number of rotatable bonds is 0. The maximum absolute atomic E-state index is 6.94. The normalized spacial score (nSPS) is 24.3.